The van der Waals surface area contributed by atoms with E-state index in [-0.39, 0.29) is 5.60 Å². The summed E-state index contributed by atoms with van der Waals surface area (Å²) in [6, 6.07) is 11.3. The molecule has 0 radical (unpaired) electrons. The highest BCUT2D eigenvalue weighted by Gasteiger charge is 2.16. The number of ether oxygens (including phenoxy) is 3. The molecular formula is C22H32N4O3. The van der Waals surface area contributed by atoms with Gasteiger partial charge < -0.3 is 24.8 Å². The zero-order chi connectivity index (χ0) is 21.1. The van der Waals surface area contributed by atoms with Crippen molar-refractivity contribution in [2.75, 3.05) is 26.8 Å². The van der Waals surface area contributed by atoms with Gasteiger partial charge in [0, 0.05) is 32.5 Å². The summed E-state index contributed by atoms with van der Waals surface area (Å²) in [6.45, 7) is 10.6. The molecule has 0 aliphatic carbocycles. The van der Waals surface area contributed by atoms with E-state index in [1.807, 2.05) is 64.1 Å². The number of aromatic nitrogens is 1. The average Bonchev–Trinajstić information content (AvgIpc) is 2.72. The fraction of sp³-hybridized carbons (Fsp3) is 0.455. The molecule has 0 bridgehead atoms. The number of methoxy groups -OCH3 is 1. The Kier molecular flexibility index (Phi) is 8.73. The van der Waals surface area contributed by atoms with Crippen LogP contribution in [0.15, 0.2) is 47.6 Å². The predicted molar refractivity (Wildman–Crippen MR) is 116 cm³/mol. The van der Waals surface area contributed by atoms with Crippen molar-refractivity contribution in [2.24, 2.45) is 4.99 Å². The van der Waals surface area contributed by atoms with Gasteiger partial charge in [0.2, 0.25) is 5.88 Å². The largest absolute Gasteiger partial charge is 0.494 e. The summed E-state index contributed by atoms with van der Waals surface area (Å²) in [7, 11) is 1.70. The lowest BCUT2D eigenvalue weighted by Gasteiger charge is -2.24. The molecule has 29 heavy (non-hydrogen) atoms. The molecule has 0 unspecified atom stereocenters. The fourth-order valence-corrected chi connectivity index (χ4v) is 2.38. The highest BCUT2D eigenvalue weighted by atomic mass is 16.5. The Balaban J connectivity index is 2.00. The van der Waals surface area contributed by atoms with Crippen LogP contribution in [0.4, 0.5) is 0 Å². The molecule has 7 heteroatoms. The minimum atomic E-state index is -0.272. The topological polar surface area (TPSA) is 77.0 Å². The maximum atomic E-state index is 5.85. The van der Waals surface area contributed by atoms with Gasteiger partial charge in [-0.25, -0.2) is 9.98 Å². The van der Waals surface area contributed by atoms with E-state index in [0.29, 0.717) is 31.3 Å². The second kappa shape index (κ2) is 11.3. The molecule has 1 aromatic carbocycles. The molecule has 1 heterocycles. The first-order chi connectivity index (χ1) is 14.0. The van der Waals surface area contributed by atoms with E-state index >= 15 is 0 Å². The summed E-state index contributed by atoms with van der Waals surface area (Å²) in [5.74, 6) is 2.79. The van der Waals surface area contributed by atoms with Gasteiger partial charge in [0.25, 0.3) is 0 Å². The average molecular weight is 401 g/mol. The molecule has 0 amide bonds. The molecule has 0 saturated heterocycles. The van der Waals surface area contributed by atoms with Crippen molar-refractivity contribution in [3.8, 4) is 17.4 Å². The first kappa shape index (κ1) is 22.5. The Hall–Kier alpha value is -2.80. The van der Waals surface area contributed by atoms with Crippen LogP contribution in [0.5, 0.6) is 17.4 Å². The summed E-state index contributed by atoms with van der Waals surface area (Å²) in [6.07, 6.45) is 1.73. The van der Waals surface area contributed by atoms with Crippen LogP contribution in [0.3, 0.4) is 0 Å². The van der Waals surface area contributed by atoms with Crippen molar-refractivity contribution in [2.45, 2.75) is 39.8 Å². The Morgan fingerprint density at radius 1 is 1.07 bits per heavy atom. The van der Waals surface area contributed by atoms with Crippen LogP contribution in [0.25, 0.3) is 0 Å². The monoisotopic (exact) mass is 400 g/mol. The molecule has 0 fully saturated rings. The van der Waals surface area contributed by atoms with Crippen LogP contribution in [0.1, 0.15) is 33.3 Å². The second-order valence-electron chi connectivity index (χ2n) is 7.02. The van der Waals surface area contributed by atoms with Gasteiger partial charge in [-0.05, 0) is 63.6 Å². The van der Waals surface area contributed by atoms with Crippen LogP contribution in [-0.2, 0) is 11.3 Å². The van der Waals surface area contributed by atoms with E-state index in [2.05, 4.69) is 20.6 Å². The van der Waals surface area contributed by atoms with Crippen molar-refractivity contribution in [3.05, 3.63) is 48.2 Å². The third-order valence-electron chi connectivity index (χ3n) is 4.15. The van der Waals surface area contributed by atoms with E-state index < -0.39 is 0 Å². The zero-order valence-electron chi connectivity index (χ0n) is 18.0. The first-order valence-electron chi connectivity index (χ1n) is 9.88. The summed E-state index contributed by atoms with van der Waals surface area (Å²) < 4.78 is 16.7. The van der Waals surface area contributed by atoms with Gasteiger partial charge in [-0.3, -0.25) is 0 Å². The molecule has 2 rings (SSSR count). The van der Waals surface area contributed by atoms with Gasteiger partial charge in [0.05, 0.1) is 18.8 Å². The Labute approximate surface area is 173 Å². The van der Waals surface area contributed by atoms with Crippen LogP contribution in [-0.4, -0.2) is 43.4 Å². The molecule has 0 spiro atoms. The number of hydrogen-bond acceptors (Lipinski definition) is 5. The highest BCUT2D eigenvalue weighted by molar-refractivity contribution is 5.79. The first-order valence-corrected chi connectivity index (χ1v) is 9.88. The molecule has 1 aromatic heterocycles. The Morgan fingerprint density at radius 3 is 2.45 bits per heavy atom. The standard InChI is InChI=1S/C22H32N4O3/c1-6-23-21(26-16-22(3,4)27-5)25-15-17-12-13-24-20(14-17)29-19-10-8-18(9-11-19)28-7-2/h8-14H,6-7,15-16H2,1-5H3,(H2,23,25,26). The maximum absolute atomic E-state index is 5.85. The maximum Gasteiger partial charge on any atom is 0.219 e. The lowest BCUT2D eigenvalue weighted by Crippen LogP contribution is -2.45. The predicted octanol–water partition coefficient (Wildman–Crippen LogP) is 3.75. The number of nitrogens with one attached hydrogen (secondary N) is 2. The summed E-state index contributed by atoms with van der Waals surface area (Å²) in [4.78, 5) is 8.93. The van der Waals surface area contributed by atoms with Crippen molar-refractivity contribution >= 4 is 5.96 Å². The lowest BCUT2D eigenvalue weighted by molar-refractivity contribution is 0.0268. The number of hydrogen-bond donors (Lipinski definition) is 2. The van der Waals surface area contributed by atoms with Crippen molar-refractivity contribution in [1.29, 1.82) is 0 Å². The van der Waals surface area contributed by atoms with Crippen LogP contribution < -0.4 is 20.1 Å². The molecule has 158 valence electrons. The normalized spacial score (nSPS) is 11.8. The van der Waals surface area contributed by atoms with Gasteiger partial charge in [0.15, 0.2) is 5.96 Å². The van der Waals surface area contributed by atoms with Crippen LogP contribution >= 0.6 is 0 Å². The highest BCUT2D eigenvalue weighted by Crippen LogP contribution is 2.23. The Bertz CT molecular complexity index is 776. The molecule has 0 atom stereocenters. The molecular weight excluding hydrogens is 368 g/mol. The molecule has 2 aromatic rings. The third-order valence-corrected chi connectivity index (χ3v) is 4.15. The molecule has 2 N–H and O–H groups in total. The van der Waals surface area contributed by atoms with Gasteiger partial charge >= 0.3 is 0 Å². The number of guanidine groups is 1. The van der Waals surface area contributed by atoms with E-state index in [4.69, 9.17) is 14.2 Å². The molecule has 7 nitrogen and oxygen atoms in total. The minimum absolute atomic E-state index is 0.272. The van der Waals surface area contributed by atoms with E-state index in [1.54, 1.807) is 13.3 Å². The number of rotatable bonds is 10. The van der Waals surface area contributed by atoms with E-state index in [0.717, 1.165) is 23.8 Å². The lowest BCUT2D eigenvalue weighted by atomic mass is 10.1. The van der Waals surface area contributed by atoms with E-state index in [9.17, 15) is 0 Å². The SMILES string of the molecule is CCNC(=NCc1ccnc(Oc2ccc(OCC)cc2)c1)NCC(C)(C)OC. The smallest absolute Gasteiger partial charge is 0.219 e. The fourth-order valence-electron chi connectivity index (χ4n) is 2.38. The number of aliphatic imine (C=N–C) groups is 1. The Morgan fingerprint density at radius 2 is 1.79 bits per heavy atom. The quantitative estimate of drug-likeness (QED) is 0.467. The van der Waals surface area contributed by atoms with Gasteiger partial charge in [-0.15, -0.1) is 0 Å². The van der Waals surface area contributed by atoms with Crippen molar-refractivity contribution in [3.63, 3.8) is 0 Å². The van der Waals surface area contributed by atoms with Crippen molar-refractivity contribution < 1.29 is 14.2 Å². The van der Waals surface area contributed by atoms with Crippen LogP contribution in [0.2, 0.25) is 0 Å². The number of pyridine rings is 1. The minimum Gasteiger partial charge on any atom is -0.494 e. The van der Waals surface area contributed by atoms with E-state index in [1.165, 1.54) is 0 Å². The summed E-state index contributed by atoms with van der Waals surface area (Å²) in [5.41, 5.74) is 0.732. The van der Waals surface area contributed by atoms with Gasteiger partial charge in [0.1, 0.15) is 11.5 Å². The second-order valence-corrected chi connectivity index (χ2v) is 7.02. The van der Waals surface area contributed by atoms with Crippen LogP contribution in [0, 0.1) is 0 Å². The number of benzene rings is 1. The zero-order valence-corrected chi connectivity index (χ0v) is 18.0. The summed E-state index contributed by atoms with van der Waals surface area (Å²) in [5, 5.41) is 6.55. The molecule has 0 saturated carbocycles. The van der Waals surface area contributed by atoms with Crippen molar-refractivity contribution in [1.82, 2.24) is 15.6 Å². The third kappa shape index (κ3) is 7.99. The van der Waals surface area contributed by atoms with Gasteiger partial charge in [-0.2, -0.15) is 0 Å². The number of nitrogens with zero attached hydrogens (tertiary/aromatic N) is 2. The summed E-state index contributed by atoms with van der Waals surface area (Å²) >= 11 is 0. The molecule has 0 aliphatic heterocycles. The molecule has 0 aliphatic rings. The van der Waals surface area contributed by atoms with Gasteiger partial charge in [-0.1, -0.05) is 0 Å².